The number of nitrogens with zero attached hydrogens (tertiary/aromatic N) is 1. The summed E-state index contributed by atoms with van der Waals surface area (Å²) in [5.41, 5.74) is 8.27. The molecule has 0 aromatic heterocycles. The molecule has 96 valence electrons. The smallest absolute Gasteiger partial charge is 0.0621 e. The van der Waals surface area contributed by atoms with Gasteiger partial charge < -0.3 is 5.73 Å². The molecule has 0 saturated heterocycles. The van der Waals surface area contributed by atoms with Crippen molar-refractivity contribution in [1.29, 1.82) is 5.26 Å². The van der Waals surface area contributed by atoms with Crippen LogP contribution in [0, 0.1) is 11.3 Å². The number of hydrogen-bond acceptors (Lipinski definition) is 2. The number of hydrogen-bond donors (Lipinski definition) is 1. The Bertz CT molecular complexity index is 332. The van der Waals surface area contributed by atoms with Crippen LogP contribution in [0.2, 0.25) is 0 Å². The lowest BCUT2D eigenvalue weighted by molar-refractivity contribution is 0.797. The summed E-state index contributed by atoms with van der Waals surface area (Å²) in [6.07, 6.45) is 4.70. The van der Waals surface area contributed by atoms with Gasteiger partial charge >= 0.3 is 0 Å². The van der Waals surface area contributed by atoms with Crippen LogP contribution < -0.4 is 5.73 Å². The molecule has 0 unspecified atom stereocenters. The van der Waals surface area contributed by atoms with Gasteiger partial charge in [0.2, 0.25) is 0 Å². The number of rotatable bonds is 6. The van der Waals surface area contributed by atoms with Crippen LogP contribution in [0.4, 0.5) is 0 Å². The number of unbranched alkanes of at least 4 members (excludes halogenated alkanes) is 1. The third kappa shape index (κ3) is 6.76. The Kier molecular flexibility index (Phi) is 10.3. The molecule has 2 N–H and O–H groups in total. The van der Waals surface area contributed by atoms with Crippen LogP contribution in [0.15, 0.2) is 24.3 Å². The average Bonchev–Trinajstić information content (AvgIpc) is 2.40. The Balaban J connectivity index is 0. The standard InChI is InChI=1S/C13H18N2.C2H6.H2/c14-10-4-3-8-12-6-1-2-7-13(12)9-5-11-15;1-2;/h1-2,6-7H,3-5,8-9,11,15H2;1-2H3;1H. The van der Waals surface area contributed by atoms with Crippen LogP contribution in [-0.2, 0) is 12.8 Å². The summed E-state index contributed by atoms with van der Waals surface area (Å²) in [5, 5.41) is 8.49. The zero-order valence-electron chi connectivity index (χ0n) is 11.1. The lowest BCUT2D eigenvalue weighted by atomic mass is 9.99. The molecule has 2 heteroatoms. The lowest BCUT2D eigenvalue weighted by Crippen LogP contribution is -2.02. The maximum atomic E-state index is 8.49. The predicted octanol–water partition coefficient (Wildman–Crippen LogP) is 3.70. The molecule has 0 spiro atoms. The summed E-state index contributed by atoms with van der Waals surface area (Å²) in [6, 6.07) is 10.6. The van der Waals surface area contributed by atoms with E-state index in [1.165, 1.54) is 11.1 Å². The normalized spacial score (nSPS) is 9.06. The highest BCUT2D eigenvalue weighted by Gasteiger charge is 2.00. The fourth-order valence-corrected chi connectivity index (χ4v) is 1.70. The zero-order valence-corrected chi connectivity index (χ0v) is 11.1. The van der Waals surface area contributed by atoms with Gasteiger partial charge in [0, 0.05) is 7.85 Å². The van der Waals surface area contributed by atoms with E-state index in [0.29, 0.717) is 6.42 Å². The fraction of sp³-hybridized carbons (Fsp3) is 0.533. The quantitative estimate of drug-likeness (QED) is 0.763. The van der Waals surface area contributed by atoms with Crippen LogP contribution in [-0.4, -0.2) is 6.54 Å². The van der Waals surface area contributed by atoms with E-state index in [2.05, 4.69) is 30.3 Å². The molecule has 0 saturated carbocycles. The van der Waals surface area contributed by atoms with E-state index in [1.54, 1.807) is 0 Å². The summed E-state index contributed by atoms with van der Waals surface area (Å²) in [5.74, 6) is 0. The molecule has 0 aliphatic carbocycles. The molecule has 0 radical (unpaired) electrons. The SMILES string of the molecule is CC.N#CCCCc1ccccc1CCCN.[HH]. The molecular weight excluding hydrogens is 208 g/mol. The zero-order chi connectivity index (χ0) is 12.9. The highest BCUT2D eigenvalue weighted by Crippen LogP contribution is 2.13. The van der Waals surface area contributed by atoms with Crippen molar-refractivity contribution in [2.45, 2.75) is 46.0 Å². The average molecular weight is 234 g/mol. The molecule has 0 atom stereocenters. The van der Waals surface area contributed by atoms with Crippen molar-refractivity contribution in [2.24, 2.45) is 5.73 Å². The second-order valence-corrected chi connectivity index (χ2v) is 3.67. The Morgan fingerprint density at radius 3 is 2.12 bits per heavy atom. The Hall–Kier alpha value is -1.33. The first-order valence-corrected chi connectivity index (χ1v) is 6.52. The molecule has 0 aliphatic heterocycles. The van der Waals surface area contributed by atoms with Crippen molar-refractivity contribution in [1.82, 2.24) is 0 Å². The van der Waals surface area contributed by atoms with Gasteiger partial charge in [-0.1, -0.05) is 38.1 Å². The summed E-state index contributed by atoms with van der Waals surface area (Å²) in [6.45, 7) is 4.74. The summed E-state index contributed by atoms with van der Waals surface area (Å²) < 4.78 is 0. The molecule has 0 bridgehead atoms. The van der Waals surface area contributed by atoms with Crippen LogP contribution in [0.1, 0.15) is 45.7 Å². The highest BCUT2D eigenvalue weighted by atomic mass is 14.5. The van der Waals surface area contributed by atoms with Gasteiger partial charge in [-0.2, -0.15) is 5.26 Å². The molecule has 17 heavy (non-hydrogen) atoms. The van der Waals surface area contributed by atoms with Gasteiger partial charge in [-0.25, -0.2) is 0 Å². The van der Waals surface area contributed by atoms with E-state index >= 15 is 0 Å². The molecular formula is C15H26N2. The topological polar surface area (TPSA) is 49.8 Å². The number of aryl methyl sites for hydroxylation is 2. The minimum atomic E-state index is 0. The van der Waals surface area contributed by atoms with Gasteiger partial charge in [0.05, 0.1) is 6.07 Å². The molecule has 0 fully saturated rings. The summed E-state index contributed by atoms with van der Waals surface area (Å²) in [7, 11) is 0. The largest absolute Gasteiger partial charge is 0.330 e. The first kappa shape index (κ1) is 15.7. The van der Waals surface area contributed by atoms with Gasteiger partial charge in [-0.3, -0.25) is 0 Å². The predicted molar refractivity (Wildman–Crippen MR) is 75.8 cm³/mol. The van der Waals surface area contributed by atoms with E-state index in [1.807, 2.05) is 13.8 Å². The summed E-state index contributed by atoms with van der Waals surface area (Å²) >= 11 is 0. The van der Waals surface area contributed by atoms with Gasteiger partial charge in [-0.15, -0.1) is 0 Å². The van der Waals surface area contributed by atoms with Crippen molar-refractivity contribution in [3.05, 3.63) is 35.4 Å². The van der Waals surface area contributed by atoms with Crippen molar-refractivity contribution in [2.75, 3.05) is 6.54 Å². The minimum Gasteiger partial charge on any atom is -0.330 e. The van der Waals surface area contributed by atoms with Crippen molar-refractivity contribution < 1.29 is 1.43 Å². The van der Waals surface area contributed by atoms with E-state index in [9.17, 15) is 0 Å². The number of benzene rings is 1. The molecule has 0 amide bonds. The third-order valence-electron chi connectivity index (χ3n) is 2.50. The molecule has 2 nitrogen and oxygen atoms in total. The Labute approximate surface area is 107 Å². The van der Waals surface area contributed by atoms with Gasteiger partial charge in [0.15, 0.2) is 0 Å². The van der Waals surface area contributed by atoms with Crippen molar-refractivity contribution in [3.63, 3.8) is 0 Å². The van der Waals surface area contributed by atoms with E-state index in [0.717, 1.165) is 32.2 Å². The second kappa shape index (κ2) is 11.2. The maximum Gasteiger partial charge on any atom is 0.0621 e. The minimum absolute atomic E-state index is 0. The number of nitriles is 1. The lowest BCUT2D eigenvalue weighted by Gasteiger charge is -2.07. The van der Waals surface area contributed by atoms with Crippen molar-refractivity contribution in [3.8, 4) is 6.07 Å². The Morgan fingerprint density at radius 2 is 1.65 bits per heavy atom. The first-order chi connectivity index (χ1) is 8.38. The van der Waals surface area contributed by atoms with Crippen molar-refractivity contribution >= 4 is 0 Å². The molecule has 1 rings (SSSR count). The van der Waals surface area contributed by atoms with Crippen LogP contribution in [0.25, 0.3) is 0 Å². The second-order valence-electron chi connectivity index (χ2n) is 3.67. The van der Waals surface area contributed by atoms with E-state index in [4.69, 9.17) is 11.0 Å². The third-order valence-corrected chi connectivity index (χ3v) is 2.50. The van der Waals surface area contributed by atoms with Gasteiger partial charge in [0.1, 0.15) is 0 Å². The highest BCUT2D eigenvalue weighted by molar-refractivity contribution is 5.27. The molecule has 0 heterocycles. The molecule has 1 aromatic rings. The summed E-state index contributed by atoms with van der Waals surface area (Å²) in [4.78, 5) is 0. The van der Waals surface area contributed by atoms with Gasteiger partial charge in [0.25, 0.3) is 0 Å². The monoisotopic (exact) mass is 234 g/mol. The molecule has 1 aromatic carbocycles. The fourth-order valence-electron chi connectivity index (χ4n) is 1.70. The van der Waals surface area contributed by atoms with E-state index in [-0.39, 0.29) is 1.43 Å². The number of nitrogens with two attached hydrogens (primary N) is 1. The van der Waals surface area contributed by atoms with Crippen LogP contribution >= 0.6 is 0 Å². The van der Waals surface area contributed by atoms with Gasteiger partial charge in [-0.05, 0) is 43.4 Å². The molecule has 0 aliphatic rings. The first-order valence-electron chi connectivity index (χ1n) is 6.52. The maximum absolute atomic E-state index is 8.49. The van der Waals surface area contributed by atoms with Crippen LogP contribution in [0.3, 0.4) is 0 Å². The van der Waals surface area contributed by atoms with Crippen LogP contribution in [0.5, 0.6) is 0 Å². The van der Waals surface area contributed by atoms with E-state index < -0.39 is 0 Å². The Morgan fingerprint density at radius 1 is 1.12 bits per heavy atom.